The number of rotatable bonds is 8. The number of aryl methyl sites for hydroxylation is 1. The van der Waals surface area contributed by atoms with Crippen LogP contribution < -0.4 is 20.1 Å². The molecule has 0 aliphatic heterocycles. The molecule has 3 rings (SSSR count). The molecular formula is C23H23N3O4. The first-order valence-corrected chi connectivity index (χ1v) is 9.58. The summed E-state index contributed by atoms with van der Waals surface area (Å²) in [5, 5.41) is 14.3. The van der Waals surface area contributed by atoms with E-state index < -0.39 is 0 Å². The number of carbonyl (C=O) groups excluding carboxylic acids is 2. The highest BCUT2D eigenvalue weighted by Gasteiger charge is 2.29. The molecule has 2 aromatic carbocycles. The number of nitrogens with one attached hydrogen (secondary N) is 2. The number of amides is 2. The molecule has 1 fully saturated rings. The molecule has 0 heterocycles. The lowest BCUT2D eigenvalue weighted by atomic mass is 10.1. The van der Waals surface area contributed by atoms with Crippen LogP contribution >= 0.6 is 0 Å². The van der Waals surface area contributed by atoms with E-state index in [0.29, 0.717) is 22.9 Å². The molecule has 2 amide bonds. The first-order chi connectivity index (χ1) is 14.5. The third-order valence-corrected chi connectivity index (χ3v) is 4.62. The minimum Gasteiger partial charge on any atom is -0.493 e. The minimum atomic E-state index is -0.299. The zero-order chi connectivity index (χ0) is 21.5. The van der Waals surface area contributed by atoms with Crippen molar-refractivity contribution in [3.63, 3.8) is 0 Å². The van der Waals surface area contributed by atoms with E-state index in [-0.39, 0.29) is 24.3 Å². The topological polar surface area (TPSA) is 100 Å². The van der Waals surface area contributed by atoms with Crippen LogP contribution in [-0.4, -0.2) is 25.5 Å². The van der Waals surface area contributed by atoms with E-state index >= 15 is 0 Å². The molecular weight excluding hydrogens is 382 g/mol. The third kappa shape index (κ3) is 5.61. The Hall–Kier alpha value is -3.79. The smallest absolute Gasteiger partial charge is 0.248 e. The van der Waals surface area contributed by atoms with E-state index in [1.165, 1.54) is 13.2 Å². The third-order valence-electron chi connectivity index (χ3n) is 4.62. The number of hydrogen-bond acceptors (Lipinski definition) is 5. The zero-order valence-electron chi connectivity index (χ0n) is 16.9. The van der Waals surface area contributed by atoms with Crippen molar-refractivity contribution in [2.24, 2.45) is 5.92 Å². The Morgan fingerprint density at radius 3 is 2.67 bits per heavy atom. The van der Waals surface area contributed by atoms with Crippen molar-refractivity contribution in [1.29, 1.82) is 5.26 Å². The van der Waals surface area contributed by atoms with Gasteiger partial charge in [-0.3, -0.25) is 9.59 Å². The molecule has 2 N–H and O–H groups in total. The molecule has 2 aromatic rings. The van der Waals surface area contributed by atoms with Gasteiger partial charge in [0.05, 0.1) is 7.11 Å². The van der Waals surface area contributed by atoms with E-state index in [0.717, 1.165) is 24.0 Å². The van der Waals surface area contributed by atoms with Gasteiger partial charge in [0.25, 0.3) is 0 Å². The van der Waals surface area contributed by atoms with Crippen LogP contribution in [0.3, 0.4) is 0 Å². The number of ether oxygens (including phenoxy) is 2. The van der Waals surface area contributed by atoms with Gasteiger partial charge in [0, 0.05) is 23.4 Å². The van der Waals surface area contributed by atoms with E-state index in [2.05, 4.69) is 10.6 Å². The average molecular weight is 405 g/mol. The summed E-state index contributed by atoms with van der Waals surface area (Å²) in [5.74, 6) is 0.768. The van der Waals surface area contributed by atoms with Crippen molar-refractivity contribution in [3.8, 4) is 17.6 Å². The van der Waals surface area contributed by atoms with Gasteiger partial charge in [-0.15, -0.1) is 0 Å². The summed E-state index contributed by atoms with van der Waals surface area (Å²) in [7, 11) is 1.51. The van der Waals surface area contributed by atoms with Gasteiger partial charge in [-0.25, -0.2) is 0 Å². The Morgan fingerprint density at radius 2 is 1.97 bits per heavy atom. The first kappa shape index (κ1) is 20.9. The normalized spacial score (nSPS) is 12.8. The van der Waals surface area contributed by atoms with Crippen molar-refractivity contribution in [3.05, 3.63) is 53.6 Å². The van der Waals surface area contributed by atoms with Crippen molar-refractivity contribution in [2.75, 3.05) is 24.4 Å². The molecule has 7 heteroatoms. The second-order valence-corrected chi connectivity index (χ2v) is 6.97. The molecule has 30 heavy (non-hydrogen) atoms. The van der Waals surface area contributed by atoms with E-state index in [9.17, 15) is 9.59 Å². The summed E-state index contributed by atoms with van der Waals surface area (Å²) in [6.07, 6.45) is 4.93. The van der Waals surface area contributed by atoms with Crippen LogP contribution in [0, 0.1) is 24.2 Å². The number of benzene rings is 2. The van der Waals surface area contributed by atoms with Crippen LogP contribution in [-0.2, 0) is 9.59 Å². The van der Waals surface area contributed by atoms with Crippen LogP contribution in [0.1, 0.15) is 24.0 Å². The largest absolute Gasteiger partial charge is 0.493 e. The van der Waals surface area contributed by atoms with Gasteiger partial charge in [0.2, 0.25) is 11.8 Å². The van der Waals surface area contributed by atoms with E-state index in [1.54, 1.807) is 30.3 Å². The SMILES string of the molecule is COc1cc(/C=C/C(=O)Nc2cc(NC(=O)C3CC3)ccc2C)ccc1OCC#N. The Kier molecular flexibility index (Phi) is 6.71. The number of hydrogen-bond donors (Lipinski definition) is 2. The lowest BCUT2D eigenvalue weighted by Crippen LogP contribution is -2.14. The van der Waals surface area contributed by atoms with Crippen LogP contribution in [0.5, 0.6) is 11.5 Å². The molecule has 0 saturated heterocycles. The maximum atomic E-state index is 12.4. The molecule has 1 aliphatic carbocycles. The summed E-state index contributed by atoms with van der Waals surface area (Å²) in [6, 6.07) is 12.5. The van der Waals surface area contributed by atoms with Crippen LogP contribution in [0.15, 0.2) is 42.5 Å². The fourth-order valence-corrected chi connectivity index (χ4v) is 2.79. The predicted octanol–water partition coefficient (Wildman–Crippen LogP) is 3.91. The number of methoxy groups -OCH3 is 1. The Morgan fingerprint density at radius 1 is 1.17 bits per heavy atom. The van der Waals surface area contributed by atoms with Gasteiger partial charge < -0.3 is 20.1 Å². The highest BCUT2D eigenvalue weighted by Crippen LogP contribution is 2.31. The molecule has 154 valence electrons. The van der Waals surface area contributed by atoms with Crippen LogP contribution in [0.2, 0.25) is 0 Å². The molecule has 0 aromatic heterocycles. The average Bonchev–Trinajstić information content (AvgIpc) is 3.59. The van der Waals surface area contributed by atoms with Crippen LogP contribution in [0.25, 0.3) is 6.08 Å². The number of nitriles is 1. The van der Waals surface area contributed by atoms with Crippen molar-refractivity contribution in [1.82, 2.24) is 0 Å². The van der Waals surface area contributed by atoms with Gasteiger partial charge >= 0.3 is 0 Å². The van der Waals surface area contributed by atoms with Gasteiger partial charge in [0.1, 0.15) is 6.07 Å². The lowest BCUT2D eigenvalue weighted by molar-refractivity contribution is -0.117. The molecule has 0 spiro atoms. The summed E-state index contributed by atoms with van der Waals surface area (Å²) in [6.45, 7) is 1.81. The molecule has 0 radical (unpaired) electrons. The van der Waals surface area contributed by atoms with E-state index in [4.69, 9.17) is 14.7 Å². The number of carbonyl (C=O) groups is 2. The fraction of sp³-hybridized carbons (Fsp3) is 0.261. The summed E-state index contributed by atoms with van der Waals surface area (Å²) in [4.78, 5) is 24.3. The lowest BCUT2D eigenvalue weighted by Gasteiger charge is -2.11. The van der Waals surface area contributed by atoms with Gasteiger partial charge in [-0.1, -0.05) is 12.1 Å². The Bertz CT molecular complexity index is 1020. The molecule has 1 saturated carbocycles. The maximum absolute atomic E-state index is 12.4. The number of nitrogens with zero attached hydrogens (tertiary/aromatic N) is 1. The Labute approximate surface area is 175 Å². The van der Waals surface area contributed by atoms with E-state index in [1.807, 2.05) is 25.1 Å². The monoisotopic (exact) mass is 405 g/mol. The highest BCUT2D eigenvalue weighted by molar-refractivity contribution is 6.03. The first-order valence-electron chi connectivity index (χ1n) is 9.58. The summed E-state index contributed by atoms with van der Waals surface area (Å²) >= 11 is 0. The minimum absolute atomic E-state index is 0.0205. The fourth-order valence-electron chi connectivity index (χ4n) is 2.79. The van der Waals surface area contributed by atoms with Crippen LogP contribution in [0.4, 0.5) is 11.4 Å². The van der Waals surface area contributed by atoms with Gasteiger partial charge in [-0.05, 0) is 61.2 Å². The standard InChI is InChI=1S/C23H23N3O4/c1-15-3-8-18(25-23(28)17-6-7-17)14-19(15)26-22(27)10-5-16-4-9-20(30-12-11-24)21(13-16)29-2/h3-5,8-10,13-14,17H,6-7,12H2,1-2H3,(H,25,28)(H,26,27)/b10-5+. The second kappa shape index (κ2) is 9.61. The molecule has 0 bridgehead atoms. The van der Waals surface area contributed by atoms with Gasteiger partial charge in [-0.2, -0.15) is 5.26 Å². The Balaban J connectivity index is 1.65. The quantitative estimate of drug-likeness (QED) is 0.649. The molecule has 7 nitrogen and oxygen atoms in total. The van der Waals surface area contributed by atoms with Crippen molar-refractivity contribution < 1.29 is 19.1 Å². The van der Waals surface area contributed by atoms with Gasteiger partial charge in [0.15, 0.2) is 18.1 Å². The molecule has 0 unspecified atom stereocenters. The van der Waals surface area contributed by atoms with Crippen molar-refractivity contribution >= 4 is 29.3 Å². The molecule has 1 aliphatic rings. The number of anilines is 2. The second-order valence-electron chi connectivity index (χ2n) is 6.97. The van der Waals surface area contributed by atoms with Crippen molar-refractivity contribution in [2.45, 2.75) is 19.8 Å². The summed E-state index contributed by atoms with van der Waals surface area (Å²) in [5.41, 5.74) is 2.93. The highest BCUT2D eigenvalue weighted by atomic mass is 16.5. The maximum Gasteiger partial charge on any atom is 0.248 e. The molecule has 0 atom stereocenters. The predicted molar refractivity (Wildman–Crippen MR) is 114 cm³/mol. The summed E-state index contributed by atoms with van der Waals surface area (Å²) < 4.78 is 10.6. The zero-order valence-corrected chi connectivity index (χ0v) is 16.9.